The molecule has 4 aromatic rings. The number of H-pyrrole nitrogens is 2. The number of nitrogens with one attached hydrogen (secondary N) is 4. The quantitative estimate of drug-likeness (QED) is 0.303. The zero-order chi connectivity index (χ0) is 25.9. The fraction of sp³-hybridized carbons (Fsp3) is 0.143. The highest BCUT2D eigenvalue weighted by Gasteiger charge is 2.30. The van der Waals surface area contributed by atoms with Gasteiger partial charge in [-0.25, -0.2) is 9.78 Å². The fourth-order valence-corrected chi connectivity index (χ4v) is 3.28. The monoisotopic (exact) mass is 520 g/mol. The first kappa shape index (κ1) is 24.7. The molecule has 186 valence electrons. The standard InChI is InChI=1S/C21H16ClF3N8O3/c1-26-20(35)36-14-6-5-11(8-13(14)22)15-16(30-33-29-15)17-28-18(32-31-17)19(34)27-9-10-3-2-4-12(7-10)21(23,24)25/h2-8H,9H2,1H3,(H,26,35)(H,27,34)(H,28,31,32)(H,29,30,33). The highest BCUT2D eigenvalue weighted by Crippen LogP contribution is 2.33. The molecular formula is C21H16ClF3N8O3. The van der Waals surface area contributed by atoms with E-state index in [0.717, 1.165) is 12.1 Å². The van der Waals surface area contributed by atoms with Gasteiger partial charge in [0.1, 0.15) is 5.69 Å². The van der Waals surface area contributed by atoms with Crippen LogP contribution in [0.1, 0.15) is 21.7 Å². The molecule has 0 unspecified atom stereocenters. The van der Waals surface area contributed by atoms with Crippen LogP contribution in [-0.4, -0.2) is 49.6 Å². The summed E-state index contributed by atoms with van der Waals surface area (Å²) in [5.74, 6) is -0.708. The summed E-state index contributed by atoms with van der Waals surface area (Å²) < 4.78 is 43.7. The van der Waals surface area contributed by atoms with Gasteiger partial charge in [-0.15, -0.1) is 0 Å². The number of hydrogen-bond donors (Lipinski definition) is 4. The molecule has 2 amide bonds. The Bertz CT molecular complexity index is 1420. The minimum Gasteiger partial charge on any atom is -0.409 e. The minimum atomic E-state index is -4.49. The Kier molecular flexibility index (Phi) is 6.87. The lowest BCUT2D eigenvalue weighted by Gasteiger charge is -2.09. The van der Waals surface area contributed by atoms with Crippen molar-refractivity contribution in [3.63, 3.8) is 0 Å². The van der Waals surface area contributed by atoms with E-state index < -0.39 is 23.7 Å². The maximum Gasteiger partial charge on any atom is 0.416 e. The number of benzene rings is 2. The molecule has 2 aromatic heterocycles. The van der Waals surface area contributed by atoms with Crippen molar-refractivity contribution in [1.29, 1.82) is 0 Å². The first-order chi connectivity index (χ1) is 17.2. The smallest absolute Gasteiger partial charge is 0.409 e. The lowest BCUT2D eigenvalue weighted by atomic mass is 10.1. The van der Waals surface area contributed by atoms with Crippen molar-refractivity contribution in [3.8, 4) is 28.5 Å². The number of aromatic amines is 2. The number of rotatable bonds is 6. The van der Waals surface area contributed by atoms with Crippen LogP contribution >= 0.6 is 11.6 Å². The van der Waals surface area contributed by atoms with Gasteiger partial charge >= 0.3 is 12.3 Å². The Balaban J connectivity index is 1.48. The Morgan fingerprint density at radius 3 is 2.58 bits per heavy atom. The van der Waals surface area contributed by atoms with Gasteiger partial charge in [-0.05, 0) is 35.9 Å². The van der Waals surface area contributed by atoms with Crippen LogP contribution in [0.5, 0.6) is 5.75 Å². The topological polar surface area (TPSA) is 151 Å². The number of nitrogens with zero attached hydrogens (tertiary/aromatic N) is 4. The number of aromatic nitrogens is 6. The zero-order valence-corrected chi connectivity index (χ0v) is 19.0. The molecule has 0 aliphatic carbocycles. The third-order valence-corrected chi connectivity index (χ3v) is 5.08. The van der Waals surface area contributed by atoms with Gasteiger partial charge < -0.3 is 15.4 Å². The van der Waals surface area contributed by atoms with Crippen molar-refractivity contribution < 1.29 is 27.5 Å². The van der Waals surface area contributed by atoms with Crippen LogP contribution in [-0.2, 0) is 12.7 Å². The molecule has 0 aliphatic heterocycles. The van der Waals surface area contributed by atoms with Gasteiger partial charge in [-0.3, -0.25) is 9.89 Å². The van der Waals surface area contributed by atoms with E-state index in [-0.39, 0.29) is 40.2 Å². The molecule has 4 rings (SSSR count). The number of alkyl halides is 3. The third-order valence-electron chi connectivity index (χ3n) is 4.78. The molecule has 15 heteroatoms. The SMILES string of the molecule is CNC(=O)Oc1ccc(-c2n[nH]nc2-c2n[nH]c(C(=O)NCc3cccc(C(F)(F)F)c3)n2)cc1Cl. The van der Waals surface area contributed by atoms with Gasteiger partial charge in [-0.2, -0.15) is 33.7 Å². The van der Waals surface area contributed by atoms with Crippen molar-refractivity contribution in [2.24, 2.45) is 0 Å². The van der Waals surface area contributed by atoms with Gasteiger partial charge in [0.15, 0.2) is 11.4 Å². The number of carbonyl (C=O) groups excluding carboxylic acids is 2. The molecule has 0 saturated heterocycles. The second-order valence-corrected chi connectivity index (χ2v) is 7.60. The maximum absolute atomic E-state index is 12.9. The zero-order valence-electron chi connectivity index (χ0n) is 18.3. The van der Waals surface area contributed by atoms with E-state index in [9.17, 15) is 22.8 Å². The highest BCUT2D eigenvalue weighted by atomic mass is 35.5. The average Bonchev–Trinajstić information content (AvgIpc) is 3.53. The Labute approximate surface area is 205 Å². The lowest BCUT2D eigenvalue weighted by molar-refractivity contribution is -0.137. The molecule has 0 saturated carbocycles. The average molecular weight is 521 g/mol. The van der Waals surface area contributed by atoms with E-state index >= 15 is 0 Å². The predicted octanol–water partition coefficient (Wildman–Crippen LogP) is 3.58. The number of ether oxygens (including phenoxy) is 1. The molecule has 0 atom stereocenters. The van der Waals surface area contributed by atoms with E-state index in [2.05, 4.69) is 41.2 Å². The van der Waals surface area contributed by atoms with Gasteiger partial charge in [0.2, 0.25) is 11.6 Å². The van der Waals surface area contributed by atoms with Crippen LogP contribution in [0.2, 0.25) is 5.02 Å². The minimum absolute atomic E-state index is 0.0322. The number of carbonyl (C=O) groups is 2. The summed E-state index contributed by atoms with van der Waals surface area (Å²) in [5.41, 5.74) is 0.436. The van der Waals surface area contributed by atoms with Gasteiger partial charge in [0.05, 0.1) is 10.6 Å². The van der Waals surface area contributed by atoms with Crippen molar-refractivity contribution in [2.75, 3.05) is 7.05 Å². The summed E-state index contributed by atoms with van der Waals surface area (Å²) >= 11 is 6.20. The van der Waals surface area contributed by atoms with Gasteiger partial charge in [0, 0.05) is 19.2 Å². The van der Waals surface area contributed by atoms with E-state index in [1.165, 1.54) is 31.3 Å². The van der Waals surface area contributed by atoms with Crippen LogP contribution in [0.3, 0.4) is 0 Å². The fourth-order valence-electron chi connectivity index (χ4n) is 3.06. The second kappa shape index (κ2) is 10.0. The molecule has 36 heavy (non-hydrogen) atoms. The molecule has 11 nitrogen and oxygen atoms in total. The van der Waals surface area contributed by atoms with Crippen molar-refractivity contribution in [3.05, 3.63) is 64.4 Å². The molecule has 0 radical (unpaired) electrons. The largest absolute Gasteiger partial charge is 0.416 e. The first-order valence-electron chi connectivity index (χ1n) is 10.1. The van der Waals surface area contributed by atoms with E-state index in [1.807, 2.05) is 0 Å². The van der Waals surface area contributed by atoms with E-state index in [1.54, 1.807) is 6.07 Å². The molecule has 2 heterocycles. The first-order valence-corrected chi connectivity index (χ1v) is 10.5. The molecule has 0 aliphatic rings. The molecule has 2 aromatic carbocycles. The summed E-state index contributed by atoms with van der Waals surface area (Å²) in [4.78, 5) is 28.0. The predicted molar refractivity (Wildman–Crippen MR) is 120 cm³/mol. The van der Waals surface area contributed by atoms with Crippen LogP contribution < -0.4 is 15.4 Å². The third kappa shape index (κ3) is 5.43. The summed E-state index contributed by atoms with van der Waals surface area (Å²) in [6.45, 7) is -0.156. The van der Waals surface area contributed by atoms with E-state index in [4.69, 9.17) is 16.3 Å². The maximum atomic E-state index is 12.9. The van der Waals surface area contributed by atoms with Gasteiger partial charge in [0.25, 0.3) is 5.91 Å². The Morgan fingerprint density at radius 1 is 1.08 bits per heavy atom. The van der Waals surface area contributed by atoms with Crippen LogP contribution in [0.4, 0.5) is 18.0 Å². The van der Waals surface area contributed by atoms with Crippen LogP contribution in [0.15, 0.2) is 42.5 Å². The number of halogens is 4. The van der Waals surface area contributed by atoms with Crippen molar-refractivity contribution in [1.82, 2.24) is 41.2 Å². The molecule has 0 bridgehead atoms. The number of amides is 2. The summed E-state index contributed by atoms with van der Waals surface area (Å²) in [7, 11) is 1.41. The number of hydrogen-bond acceptors (Lipinski definition) is 7. The van der Waals surface area contributed by atoms with E-state index in [0.29, 0.717) is 11.3 Å². The molecule has 0 spiro atoms. The lowest BCUT2D eigenvalue weighted by Crippen LogP contribution is -2.24. The normalized spacial score (nSPS) is 11.2. The second-order valence-electron chi connectivity index (χ2n) is 7.19. The Morgan fingerprint density at radius 2 is 1.86 bits per heavy atom. The van der Waals surface area contributed by atoms with Gasteiger partial charge in [-0.1, -0.05) is 23.7 Å². The molecule has 4 N–H and O–H groups in total. The highest BCUT2D eigenvalue weighted by molar-refractivity contribution is 6.32. The van der Waals surface area contributed by atoms with Crippen molar-refractivity contribution in [2.45, 2.75) is 12.7 Å². The van der Waals surface area contributed by atoms with Crippen LogP contribution in [0.25, 0.3) is 22.8 Å². The molecule has 0 fully saturated rings. The summed E-state index contributed by atoms with van der Waals surface area (Å²) in [5, 5.41) is 21.9. The van der Waals surface area contributed by atoms with Crippen LogP contribution in [0, 0.1) is 0 Å². The Hall–Kier alpha value is -4.46. The summed E-state index contributed by atoms with van der Waals surface area (Å²) in [6, 6.07) is 9.15. The molecular weight excluding hydrogens is 505 g/mol. The summed E-state index contributed by atoms with van der Waals surface area (Å²) in [6.07, 6.45) is -5.18. The van der Waals surface area contributed by atoms with Crippen molar-refractivity contribution >= 4 is 23.6 Å².